The highest BCUT2D eigenvalue weighted by atomic mass is 32.2. The number of hydrogen-bond acceptors (Lipinski definition) is 5. The van der Waals surface area contributed by atoms with Gasteiger partial charge in [-0.05, 0) is 29.7 Å². The molecule has 1 aromatic heterocycles. The van der Waals surface area contributed by atoms with Crippen molar-refractivity contribution < 1.29 is 13.2 Å². The van der Waals surface area contributed by atoms with Crippen LogP contribution in [0, 0.1) is 0 Å². The number of anilines is 1. The van der Waals surface area contributed by atoms with Crippen LogP contribution in [0.2, 0.25) is 0 Å². The Morgan fingerprint density at radius 2 is 1.41 bits per heavy atom. The van der Waals surface area contributed by atoms with Crippen LogP contribution in [-0.2, 0) is 14.6 Å². The first-order valence-corrected chi connectivity index (χ1v) is 12.7. The summed E-state index contributed by atoms with van der Waals surface area (Å²) in [7, 11) is -3.38. The van der Waals surface area contributed by atoms with Crippen LogP contribution in [0.5, 0.6) is 0 Å². The molecule has 7 heteroatoms. The third kappa shape index (κ3) is 5.49. The van der Waals surface area contributed by atoms with Crippen LogP contribution in [0.4, 0.5) is 5.13 Å². The highest BCUT2D eigenvalue weighted by Crippen LogP contribution is 2.27. The Morgan fingerprint density at radius 3 is 2.09 bits per heavy atom. The number of sulfone groups is 1. The molecule has 0 aliphatic heterocycles. The van der Waals surface area contributed by atoms with E-state index < -0.39 is 9.84 Å². The van der Waals surface area contributed by atoms with Gasteiger partial charge in [0.05, 0.1) is 16.3 Å². The molecule has 0 saturated heterocycles. The number of aromatic nitrogens is 1. The summed E-state index contributed by atoms with van der Waals surface area (Å²) in [5, 5.41) is 5.17. The third-order valence-electron chi connectivity index (χ3n) is 4.96. The quantitative estimate of drug-likeness (QED) is 0.366. The number of amides is 1. The molecule has 1 heterocycles. The van der Waals surface area contributed by atoms with E-state index in [0.29, 0.717) is 5.13 Å². The van der Waals surface area contributed by atoms with Gasteiger partial charge in [-0.25, -0.2) is 13.4 Å². The van der Waals surface area contributed by atoms with Gasteiger partial charge in [-0.2, -0.15) is 0 Å². The van der Waals surface area contributed by atoms with Crippen molar-refractivity contribution in [3.05, 3.63) is 90.3 Å². The van der Waals surface area contributed by atoms with Crippen molar-refractivity contribution in [1.29, 1.82) is 0 Å². The molecule has 3 aromatic carbocycles. The minimum atomic E-state index is -3.38. The monoisotopic (exact) mass is 462 g/mol. The lowest BCUT2D eigenvalue weighted by molar-refractivity contribution is -0.116. The summed E-state index contributed by atoms with van der Waals surface area (Å²) in [6.07, 6.45) is 0.370. The molecule has 162 valence electrons. The van der Waals surface area contributed by atoms with Crippen molar-refractivity contribution in [2.75, 3.05) is 11.1 Å². The molecule has 4 aromatic rings. The first-order chi connectivity index (χ1) is 15.5. The largest absolute Gasteiger partial charge is 0.302 e. The second kappa shape index (κ2) is 9.89. The topological polar surface area (TPSA) is 76.1 Å². The number of thiazole rings is 1. The lowest BCUT2D eigenvalue weighted by Crippen LogP contribution is -2.14. The summed E-state index contributed by atoms with van der Waals surface area (Å²) in [5.74, 6) is -0.310. The molecule has 0 radical (unpaired) electrons. The Morgan fingerprint density at radius 1 is 0.812 bits per heavy atom. The van der Waals surface area contributed by atoms with Gasteiger partial charge in [-0.1, -0.05) is 72.8 Å². The first-order valence-electron chi connectivity index (χ1n) is 10.2. The predicted molar refractivity (Wildman–Crippen MR) is 129 cm³/mol. The van der Waals surface area contributed by atoms with Gasteiger partial charge in [-0.3, -0.25) is 4.79 Å². The molecule has 1 N–H and O–H groups in total. The van der Waals surface area contributed by atoms with Crippen LogP contribution in [0.3, 0.4) is 0 Å². The third-order valence-corrected chi connectivity index (χ3v) is 7.53. The zero-order chi connectivity index (χ0) is 22.4. The molecule has 5 nitrogen and oxygen atoms in total. The fourth-order valence-corrected chi connectivity index (χ4v) is 5.35. The van der Waals surface area contributed by atoms with Crippen molar-refractivity contribution in [3.8, 4) is 22.4 Å². The van der Waals surface area contributed by atoms with Crippen molar-refractivity contribution >= 4 is 32.2 Å². The summed E-state index contributed by atoms with van der Waals surface area (Å²) in [6.45, 7) is 0. The molecule has 0 unspecified atom stereocenters. The molecule has 0 atom stereocenters. The Hall–Kier alpha value is -3.29. The molecule has 0 aliphatic carbocycles. The van der Waals surface area contributed by atoms with E-state index >= 15 is 0 Å². The molecule has 0 fully saturated rings. The average molecular weight is 463 g/mol. The highest BCUT2D eigenvalue weighted by molar-refractivity contribution is 7.91. The second-order valence-electron chi connectivity index (χ2n) is 7.26. The Kier molecular flexibility index (Phi) is 6.78. The summed E-state index contributed by atoms with van der Waals surface area (Å²) in [4.78, 5) is 17.0. The van der Waals surface area contributed by atoms with Crippen LogP contribution in [0.15, 0.2) is 95.2 Å². The fraction of sp³-hybridized carbons (Fsp3) is 0.120. The predicted octanol–water partition coefficient (Wildman–Crippen LogP) is 5.67. The van der Waals surface area contributed by atoms with E-state index in [1.165, 1.54) is 11.3 Å². The molecule has 0 spiro atoms. The van der Waals surface area contributed by atoms with E-state index in [0.717, 1.165) is 22.4 Å². The summed E-state index contributed by atoms with van der Waals surface area (Å²) in [5.41, 5.74) is 4.04. The van der Waals surface area contributed by atoms with Gasteiger partial charge < -0.3 is 5.32 Å². The lowest BCUT2D eigenvalue weighted by atomic mass is 10.0. The first kappa shape index (κ1) is 21.9. The normalized spacial score (nSPS) is 11.2. The lowest BCUT2D eigenvalue weighted by Gasteiger charge is -2.05. The zero-order valence-electron chi connectivity index (χ0n) is 17.3. The Labute approximate surface area is 191 Å². The van der Waals surface area contributed by atoms with Gasteiger partial charge >= 0.3 is 0 Å². The number of hydrogen-bond donors (Lipinski definition) is 1. The van der Waals surface area contributed by atoms with Crippen molar-refractivity contribution in [3.63, 3.8) is 0 Å². The van der Waals surface area contributed by atoms with Gasteiger partial charge in [0.25, 0.3) is 0 Å². The van der Waals surface area contributed by atoms with E-state index in [2.05, 4.69) is 34.6 Å². The van der Waals surface area contributed by atoms with Crippen LogP contribution < -0.4 is 5.32 Å². The second-order valence-corrected chi connectivity index (χ2v) is 10.2. The molecule has 0 aliphatic rings. The number of nitrogens with one attached hydrogen (secondary N) is 1. The summed E-state index contributed by atoms with van der Waals surface area (Å²) >= 11 is 1.35. The molecule has 0 bridgehead atoms. The van der Waals surface area contributed by atoms with Gasteiger partial charge in [0.15, 0.2) is 15.0 Å². The number of benzene rings is 3. The van der Waals surface area contributed by atoms with E-state index in [1.807, 2.05) is 35.7 Å². The molecular formula is C25H22N2O3S2. The molecule has 0 saturated carbocycles. The molecule has 32 heavy (non-hydrogen) atoms. The maximum Gasteiger partial charge on any atom is 0.226 e. The van der Waals surface area contributed by atoms with Gasteiger partial charge in [0.1, 0.15) is 0 Å². The van der Waals surface area contributed by atoms with E-state index in [1.54, 1.807) is 30.3 Å². The smallest absolute Gasteiger partial charge is 0.226 e. The molecule has 1 amide bonds. The van der Waals surface area contributed by atoms with Gasteiger partial charge in [0, 0.05) is 17.4 Å². The maximum absolute atomic E-state index is 12.3. The van der Waals surface area contributed by atoms with E-state index in [9.17, 15) is 13.2 Å². The summed E-state index contributed by atoms with van der Waals surface area (Å²) < 4.78 is 24.6. The molecule has 4 rings (SSSR count). The van der Waals surface area contributed by atoms with Gasteiger partial charge in [-0.15, -0.1) is 11.3 Å². The Balaban J connectivity index is 1.31. The maximum atomic E-state index is 12.3. The van der Waals surface area contributed by atoms with Gasteiger partial charge in [0.2, 0.25) is 5.91 Å². The number of carbonyl (C=O) groups excluding carboxylic acids is 1. The van der Waals surface area contributed by atoms with E-state index in [4.69, 9.17) is 0 Å². The van der Waals surface area contributed by atoms with Crippen LogP contribution in [-0.4, -0.2) is 25.1 Å². The number of nitrogens with zero attached hydrogens (tertiary/aromatic N) is 1. The zero-order valence-corrected chi connectivity index (χ0v) is 18.9. The Bertz CT molecular complexity index is 1280. The highest BCUT2D eigenvalue weighted by Gasteiger charge is 2.15. The van der Waals surface area contributed by atoms with Crippen LogP contribution in [0.25, 0.3) is 22.4 Å². The fourth-order valence-electron chi connectivity index (χ4n) is 3.28. The van der Waals surface area contributed by atoms with Crippen molar-refractivity contribution in [2.45, 2.75) is 17.7 Å². The molecular weight excluding hydrogens is 440 g/mol. The number of rotatable bonds is 8. The van der Waals surface area contributed by atoms with Crippen molar-refractivity contribution in [1.82, 2.24) is 4.98 Å². The minimum absolute atomic E-state index is 0.0681. The van der Waals surface area contributed by atoms with Crippen LogP contribution >= 0.6 is 11.3 Å². The average Bonchev–Trinajstić information content (AvgIpc) is 3.28. The SMILES string of the molecule is O=C(CCCS(=O)(=O)c1ccccc1)Nc1nc(-c2ccc(-c3ccccc3)cc2)cs1. The van der Waals surface area contributed by atoms with Crippen molar-refractivity contribution in [2.24, 2.45) is 0 Å². The minimum Gasteiger partial charge on any atom is -0.302 e. The number of carbonyl (C=O) groups is 1. The summed E-state index contributed by atoms with van der Waals surface area (Å²) in [6, 6.07) is 26.6. The standard InChI is InChI=1S/C25H22N2O3S2/c28-24(12-7-17-32(29,30)22-10-5-2-6-11-22)27-25-26-23(18-31-25)21-15-13-20(14-16-21)19-8-3-1-4-9-19/h1-6,8-11,13-16,18H,7,12,17H2,(H,26,27,28). The van der Waals surface area contributed by atoms with E-state index in [-0.39, 0.29) is 29.4 Å². The van der Waals surface area contributed by atoms with Crippen LogP contribution in [0.1, 0.15) is 12.8 Å².